The first-order valence-electron chi connectivity index (χ1n) is 7.15. The molecule has 0 saturated carbocycles. The van der Waals surface area contributed by atoms with Crippen molar-refractivity contribution in [1.82, 2.24) is 31.1 Å². The van der Waals surface area contributed by atoms with Gasteiger partial charge in [0.15, 0.2) is 0 Å². The number of nitrogens with one attached hydrogen (secondary N) is 4. The van der Waals surface area contributed by atoms with Crippen molar-refractivity contribution in [2.75, 3.05) is 40.3 Å². The Balaban J connectivity index is 0.000000713. The summed E-state index contributed by atoms with van der Waals surface area (Å²) in [5.41, 5.74) is -2.28. The second kappa shape index (κ2) is 11.8. The number of carbonyl (C=O) groups excluding carboxylic acids is 4. The summed E-state index contributed by atoms with van der Waals surface area (Å²) >= 11 is 0. The van der Waals surface area contributed by atoms with Crippen molar-refractivity contribution in [3.05, 3.63) is 0 Å². The number of hydrogen-bond donors (Lipinski definition) is 10. The number of hydrogen-bond acceptors (Lipinski definition) is 10. The van der Waals surface area contributed by atoms with E-state index in [1.54, 1.807) is 5.32 Å². The van der Waals surface area contributed by atoms with Crippen LogP contribution in [0.4, 0.5) is 14.4 Å². The van der Waals surface area contributed by atoms with Gasteiger partial charge in [-0.2, -0.15) is 0 Å². The normalized spacial score (nSPS) is 18.2. The molecular formula is C11H22N6O10. The lowest BCUT2D eigenvalue weighted by molar-refractivity contribution is -0.147. The Morgan fingerprint density at radius 1 is 0.963 bits per heavy atom. The van der Waals surface area contributed by atoms with Crippen LogP contribution in [0.25, 0.3) is 0 Å². The van der Waals surface area contributed by atoms with Gasteiger partial charge in [-0.05, 0) is 0 Å². The van der Waals surface area contributed by atoms with Crippen molar-refractivity contribution < 1.29 is 49.8 Å². The van der Waals surface area contributed by atoms with Gasteiger partial charge in [0.05, 0.1) is 6.61 Å². The monoisotopic (exact) mass is 398 g/mol. The zero-order valence-corrected chi connectivity index (χ0v) is 14.0. The fraction of sp³-hybridized carbons (Fsp3) is 0.636. The van der Waals surface area contributed by atoms with Crippen molar-refractivity contribution in [1.29, 1.82) is 0 Å². The summed E-state index contributed by atoms with van der Waals surface area (Å²) in [5, 5.41) is 59.9. The maximum absolute atomic E-state index is 11.8. The summed E-state index contributed by atoms with van der Waals surface area (Å²) in [6.45, 7) is -4.70. The van der Waals surface area contributed by atoms with Crippen LogP contribution in [0.2, 0.25) is 0 Å². The van der Waals surface area contributed by atoms with E-state index in [1.165, 1.54) is 0 Å². The number of urea groups is 3. The molecule has 0 radical (unpaired) electrons. The fourth-order valence-electron chi connectivity index (χ4n) is 1.97. The summed E-state index contributed by atoms with van der Waals surface area (Å²) < 4.78 is 0. The lowest BCUT2D eigenvalue weighted by atomic mass is 10.1. The molecule has 1 aliphatic heterocycles. The maximum atomic E-state index is 11.8. The van der Waals surface area contributed by atoms with Gasteiger partial charge in [-0.3, -0.25) is 19.9 Å². The van der Waals surface area contributed by atoms with Gasteiger partial charge in [-0.25, -0.2) is 14.4 Å². The van der Waals surface area contributed by atoms with Crippen LogP contribution < -0.4 is 21.3 Å². The van der Waals surface area contributed by atoms with E-state index in [0.717, 1.165) is 0 Å². The van der Waals surface area contributed by atoms with E-state index in [4.69, 9.17) is 25.5 Å². The molecule has 27 heavy (non-hydrogen) atoms. The highest BCUT2D eigenvalue weighted by Gasteiger charge is 2.58. The zero-order valence-electron chi connectivity index (χ0n) is 14.0. The molecule has 0 aliphatic carbocycles. The Bertz CT molecular complexity index is 526. The van der Waals surface area contributed by atoms with E-state index in [2.05, 4.69) is 0 Å². The number of amides is 7. The summed E-state index contributed by atoms with van der Waals surface area (Å²) in [7, 11) is 0. The third-order valence-corrected chi connectivity index (χ3v) is 3.18. The molecular weight excluding hydrogens is 376 g/mol. The first-order valence-corrected chi connectivity index (χ1v) is 7.15. The van der Waals surface area contributed by atoms with Gasteiger partial charge < -0.3 is 46.6 Å². The highest BCUT2D eigenvalue weighted by Crippen LogP contribution is 2.25. The minimum absolute atomic E-state index is 0.402. The van der Waals surface area contributed by atoms with Gasteiger partial charge in [0, 0.05) is 0 Å². The predicted molar refractivity (Wildman–Crippen MR) is 82.7 cm³/mol. The van der Waals surface area contributed by atoms with Crippen molar-refractivity contribution in [2.24, 2.45) is 0 Å². The van der Waals surface area contributed by atoms with Gasteiger partial charge in [0.2, 0.25) is 5.66 Å². The van der Waals surface area contributed by atoms with Crippen molar-refractivity contribution in [2.45, 2.75) is 5.66 Å². The molecule has 10 N–H and O–H groups in total. The molecule has 0 aromatic rings. The molecule has 0 bridgehead atoms. The summed E-state index contributed by atoms with van der Waals surface area (Å²) in [4.78, 5) is 45.8. The first kappa shape index (κ1) is 24.2. The van der Waals surface area contributed by atoms with Crippen LogP contribution in [0, 0.1) is 0 Å². The second-order valence-electron chi connectivity index (χ2n) is 4.51. The van der Waals surface area contributed by atoms with Crippen LogP contribution in [-0.4, -0.2) is 110 Å². The summed E-state index contributed by atoms with van der Waals surface area (Å²) in [5.74, 6) is -1.09. The molecule has 1 aliphatic rings. The molecule has 16 heteroatoms. The topological polar surface area (TPSA) is 244 Å². The smallest absolute Gasteiger partial charge is 0.328 e. The Morgan fingerprint density at radius 3 is 1.85 bits per heavy atom. The molecule has 16 nitrogen and oxygen atoms in total. The van der Waals surface area contributed by atoms with E-state index < -0.39 is 69.9 Å². The lowest BCUT2D eigenvalue weighted by Gasteiger charge is -2.40. The summed E-state index contributed by atoms with van der Waals surface area (Å²) in [6.07, 6.45) is 0. The van der Waals surface area contributed by atoms with Crippen LogP contribution >= 0.6 is 0 Å². The third-order valence-electron chi connectivity index (χ3n) is 3.18. The molecule has 1 atom stereocenters. The Labute approximate surface area is 152 Å². The van der Waals surface area contributed by atoms with Gasteiger partial charge in [0.1, 0.15) is 33.7 Å². The molecule has 1 saturated heterocycles. The highest BCUT2D eigenvalue weighted by molar-refractivity contribution is 6.08. The molecule has 0 aromatic heterocycles. The highest BCUT2D eigenvalue weighted by atomic mass is 16.3. The molecule has 1 unspecified atom stereocenters. The van der Waals surface area contributed by atoms with Crippen molar-refractivity contribution in [3.63, 3.8) is 0 Å². The van der Waals surface area contributed by atoms with Crippen LogP contribution in [0.15, 0.2) is 0 Å². The number of nitrogens with zero attached hydrogens (tertiary/aromatic N) is 2. The predicted octanol–water partition coefficient (Wildman–Crippen LogP) is -5.73. The van der Waals surface area contributed by atoms with E-state index >= 15 is 0 Å². The van der Waals surface area contributed by atoms with E-state index in [9.17, 15) is 24.3 Å². The Morgan fingerprint density at radius 2 is 1.48 bits per heavy atom. The van der Waals surface area contributed by atoms with Gasteiger partial charge in [-0.15, -0.1) is 0 Å². The standard InChI is InChI=1S/C8H14N4O7.C3H8N2O3/c13-1-8(11(3-15)6(18)9-2-14)5(17)10-7(19)12(8)4-16;6-1-4-3(8)5-2-7/h13-16H,1-4H2,(H,9,18)(H,10,17,19);6-7H,1-2H2,(H2,4,5,8). The zero-order chi connectivity index (χ0) is 21.0. The Kier molecular flexibility index (Phi) is 10.6. The van der Waals surface area contributed by atoms with Crippen LogP contribution in [-0.2, 0) is 4.79 Å². The molecule has 7 amide bonds. The minimum atomic E-state index is -2.28. The second-order valence-corrected chi connectivity index (χ2v) is 4.51. The fourth-order valence-corrected chi connectivity index (χ4v) is 1.97. The SMILES string of the molecule is O=C(NCO)N(CO)C1(CO)C(=O)NC(=O)N1CO.O=C(NCO)NCO. The van der Waals surface area contributed by atoms with E-state index in [-0.39, 0.29) is 0 Å². The van der Waals surface area contributed by atoms with Gasteiger partial charge in [-0.1, -0.05) is 0 Å². The molecule has 156 valence electrons. The first-order chi connectivity index (χ1) is 12.8. The minimum Gasteiger partial charge on any atom is -0.391 e. The number of aliphatic hydroxyl groups is 6. The lowest BCUT2D eigenvalue weighted by Crippen LogP contribution is -2.68. The molecule has 1 rings (SSSR count). The average Bonchev–Trinajstić information content (AvgIpc) is 2.86. The molecule has 1 heterocycles. The molecule has 1 fully saturated rings. The van der Waals surface area contributed by atoms with Crippen LogP contribution in [0.1, 0.15) is 0 Å². The average molecular weight is 398 g/mol. The molecule has 0 aromatic carbocycles. The van der Waals surface area contributed by atoms with Crippen molar-refractivity contribution >= 4 is 24.0 Å². The number of rotatable bonds is 7. The summed E-state index contributed by atoms with van der Waals surface area (Å²) in [6, 6.07) is -2.73. The number of carbonyl (C=O) groups is 4. The Hall–Kier alpha value is -2.76. The van der Waals surface area contributed by atoms with Gasteiger partial charge in [0.25, 0.3) is 5.91 Å². The molecule has 0 spiro atoms. The maximum Gasteiger partial charge on any atom is 0.328 e. The quantitative estimate of drug-likeness (QED) is 0.144. The van der Waals surface area contributed by atoms with E-state index in [0.29, 0.717) is 9.80 Å². The number of imide groups is 1. The van der Waals surface area contributed by atoms with E-state index in [1.807, 2.05) is 16.0 Å². The number of aliphatic hydroxyl groups excluding tert-OH is 6. The van der Waals surface area contributed by atoms with Crippen molar-refractivity contribution in [3.8, 4) is 0 Å². The third kappa shape index (κ3) is 5.61. The van der Waals surface area contributed by atoms with Gasteiger partial charge >= 0.3 is 18.1 Å². The largest absolute Gasteiger partial charge is 0.391 e. The van der Waals surface area contributed by atoms with Crippen LogP contribution in [0.5, 0.6) is 0 Å². The van der Waals surface area contributed by atoms with Crippen LogP contribution in [0.3, 0.4) is 0 Å².